The van der Waals surface area contributed by atoms with Gasteiger partial charge in [0.15, 0.2) is 0 Å². The summed E-state index contributed by atoms with van der Waals surface area (Å²) in [5, 5.41) is 3.60. The summed E-state index contributed by atoms with van der Waals surface area (Å²) in [6.07, 6.45) is 4.02. The van der Waals surface area contributed by atoms with Crippen LogP contribution in [0.5, 0.6) is 0 Å². The predicted octanol–water partition coefficient (Wildman–Crippen LogP) is 1.11. The second-order valence-electron chi connectivity index (χ2n) is 5.19. The Morgan fingerprint density at radius 3 is 3.18 bits per heavy atom. The summed E-state index contributed by atoms with van der Waals surface area (Å²) in [6.45, 7) is 1.14. The van der Waals surface area contributed by atoms with Crippen LogP contribution in [0, 0.1) is 0 Å². The van der Waals surface area contributed by atoms with Crippen LogP contribution in [-0.2, 0) is 17.6 Å². The Morgan fingerprint density at radius 2 is 2.35 bits per heavy atom. The molecule has 0 bridgehead atoms. The Labute approximate surface area is 101 Å². The van der Waals surface area contributed by atoms with Crippen molar-refractivity contribution >= 4 is 5.91 Å². The summed E-state index contributed by atoms with van der Waals surface area (Å²) in [4.78, 5) is 10.9. The summed E-state index contributed by atoms with van der Waals surface area (Å²) < 4.78 is 0. The minimum atomic E-state index is -0.251. The lowest BCUT2D eigenvalue weighted by Gasteiger charge is -2.27. The zero-order valence-electron chi connectivity index (χ0n) is 9.91. The first-order valence-electron chi connectivity index (χ1n) is 6.37. The minimum Gasteiger partial charge on any atom is -0.369 e. The zero-order valence-corrected chi connectivity index (χ0v) is 9.91. The standard InChI is InChI=1S/C14H18N2O/c15-14(17)7-9-3-4-11-10(6-9)8-13-12(11)2-1-5-16-13/h3-4,6,12-13,16H,1-2,5,7-8H2,(H2,15,17)/t12?,13-/m0/s1. The van der Waals surface area contributed by atoms with Gasteiger partial charge < -0.3 is 11.1 Å². The minimum absolute atomic E-state index is 0.251. The molecule has 0 spiro atoms. The van der Waals surface area contributed by atoms with Crippen molar-refractivity contribution in [2.24, 2.45) is 5.73 Å². The molecule has 1 fully saturated rings. The van der Waals surface area contributed by atoms with Gasteiger partial charge in [0.2, 0.25) is 5.91 Å². The molecule has 2 atom stereocenters. The number of amides is 1. The number of hydrogen-bond donors (Lipinski definition) is 2. The second kappa shape index (κ2) is 4.15. The van der Waals surface area contributed by atoms with Crippen LogP contribution in [0.2, 0.25) is 0 Å². The summed E-state index contributed by atoms with van der Waals surface area (Å²) in [6, 6.07) is 7.04. The van der Waals surface area contributed by atoms with Crippen molar-refractivity contribution < 1.29 is 4.79 Å². The maximum absolute atomic E-state index is 10.9. The molecule has 2 aliphatic rings. The number of hydrogen-bond acceptors (Lipinski definition) is 2. The van der Waals surface area contributed by atoms with Gasteiger partial charge in [0, 0.05) is 6.04 Å². The van der Waals surface area contributed by atoms with Gasteiger partial charge in [0.1, 0.15) is 0 Å². The smallest absolute Gasteiger partial charge is 0.221 e. The molecular formula is C14H18N2O. The molecule has 17 heavy (non-hydrogen) atoms. The molecule has 1 unspecified atom stereocenters. The molecule has 3 rings (SSSR count). The van der Waals surface area contributed by atoms with Gasteiger partial charge in [-0.25, -0.2) is 0 Å². The first-order valence-corrected chi connectivity index (χ1v) is 6.37. The summed E-state index contributed by atoms with van der Waals surface area (Å²) >= 11 is 0. The fourth-order valence-electron chi connectivity index (χ4n) is 3.29. The van der Waals surface area contributed by atoms with Gasteiger partial charge in [-0.3, -0.25) is 4.79 Å². The van der Waals surface area contributed by atoms with E-state index in [1.54, 1.807) is 0 Å². The Balaban J connectivity index is 1.88. The molecule has 1 saturated heterocycles. The van der Waals surface area contributed by atoms with Crippen molar-refractivity contribution in [2.75, 3.05) is 6.54 Å². The molecule has 1 amide bonds. The van der Waals surface area contributed by atoms with Gasteiger partial charge in [-0.15, -0.1) is 0 Å². The molecule has 1 heterocycles. The number of primary amides is 1. The number of carbonyl (C=O) groups is 1. The lowest BCUT2D eigenvalue weighted by atomic mass is 9.90. The highest BCUT2D eigenvalue weighted by Crippen LogP contribution is 2.38. The van der Waals surface area contributed by atoms with Crippen LogP contribution in [0.4, 0.5) is 0 Å². The molecule has 0 aromatic heterocycles. The van der Waals surface area contributed by atoms with E-state index in [0.29, 0.717) is 18.4 Å². The number of benzene rings is 1. The van der Waals surface area contributed by atoms with Crippen LogP contribution in [0.1, 0.15) is 35.4 Å². The molecule has 0 saturated carbocycles. The topological polar surface area (TPSA) is 55.1 Å². The quantitative estimate of drug-likeness (QED) is 0.799. The summed E-state index contributed by atoms with van der Waals surface area (Å²) in [5.41, 5.74) is 9.18. The normalized spacial score (nSPS) is 26.4. The molecule has 90 valence electrons. The first kappa shape index (κ1) is 10.8. The average Bonchev–Trinajstić information content (AvgIpc) is 2.65. The van der Waals surface area contributed by atoms with E-state index in [1.807, 2.05) is 0 Å². The van der Waals surface area contributed by atoms with E-state index in [-0.39, 0.29) is 5.91 Å². The van der Waals surface area contributed by atoms with Crippen molar-refractivity contribution in [3.63, 3.8) is 0 Å². The van der Waals surface area contributed by atoms with Crippen LogP contribution in [-0.4, -0.2) is 18.5 Å². The predicted molar refractivity (Wildman–Crippen MR) is 66.8 cm³/mol. The van der Waals surface area contributed by atoms with Crippen LogP contribution >= 0.6 is 0 Å². The highest BCUT2D eigenvalue weighted by Gasteiger charge is 2.33. The van der Waals surface area contributed by atoms with E-state index in [1.165, 1.54) is 24.0 Å². The van der Waals surface area contributed by atoms with E-state index >= 15 is 0 Å². The highest BCUT2D eigenvalue weighted by atomic mass is 16.1. The fourth-order valence-corrected chi connectivity index (χ4v) is 3.29. The molecule has 1 aromatic rings. The van der Waals surface area contributed by atoms with Gasteiger partial charge in [-0.1, -0.05) is 18.2 Å². The monoisotopic (exact) mass is 230 g/mol. The zero-order chi connectivity index (χ0) is 11.8. The Bertz CT molecular complexity index is 456. The lowest BCUT2D eigenvalue weighted by Crippen LogP contribution is -2.37. The van der Waals surface area contributed by atoms with E-state index < -0.39 is 0 Å². The molecule has 3 heteroatoms. The molecule has 3 N–H and O–H groups in total. The van der Waals surface area contributed by atoms with E-state index in [9.17, 15) is 4.79 Å². The Kier molecular flexibility index (Phi) is 2.63. The van der Waals surface area contributed by atoms with Crippen LogP contribution in [0.15, 0.2) is 18.2 Å². The largest absolute Gasteiger partial charge is 0.369 e. The first-order chi connectivity index (χ1) is 8.24. The molecule has 3 nitrogen and oxygen atoms in total. The van der Waals surface area contributed by atoms with Crippen molar-refractivity contribution in [3.8, 4) is 0 Å². The van der Waals surface area contributed by atoms with Crippen molar-refractivity contribution in [2.45, 2.75) is 37.6 Å². The van der Waals surface area contributed by atoms with E-state index in [2.05, 4.69) is 23.5 Å². The van der Waals surface area contributed by atoms with Crippen LogP contribution in [0.3, 0.4) is 0 Å². The van der Waals surface area contributed by atoms with Crippen LogP contribution in [0.25, 0.3) is 0 Å². The third-order valence-corrected chi connectivity index (χ3v) is 4.01. The average molecular weight is 230 g/mol. The Hall–Kier alpha value is -1.35. The Morgan fingerprint density at radius 1 is 1.47 bits per heavy atom. The molecule has 1 aromatic carbocycles. The fraction of sp³-hybridized carbons (Fsp3) is 0.500. The number of rotatable bonds is 2. The number of piperidine rings is 1. The summed E-state index contributed by atoms with van der Waals surface area (Å²) in [5.74, 6) is 0.430. The number of fused-ring (bicyclic) bond motifs is 3. The maximum atomic E-state index is 10.9. The van der Waals surface area contributed by atoms with Crippen molar-refractivity contribution in [1.29, 1.82) is 0 Å². The third kappa shape index (κ3) is 1.95. The van der Waals surface area contributed by atoms with Crippen molar-refractivity contribution in [1.82, 2.24) is 5.32 Å². The number of carbonyl (C=O) groups excluding carboxylic acids is 1. The second-order valence-corrected chi connectivity index (χ2v) is 5.19. The maximum Gasteiger partial charge on any atom is 0.221 e. The lowest BCUT2D eigenvalue weighted by molar-refractivity contribution is -0.117. The molecule has 0 radical (unpaired) electrons. The summed E-state index contributed by atoms with van der Waals surface area (Å²) in [7, 11) is 0. The number of nitrogens with one attached hydrogen (secondary N) is 1. The SMILES string of the molecule is NC(=O)Cc1ccc2c(c1)C[C@@H]1NCCCC21. The molecule has 1 aliphatic carbocycles. The molecule has 1 aliphatic heterocycles. The number of nitrogens with two attached hydrogens (primary N) is 1. The van der Waals surface area contributed by atoms with Gasteiger partial charge >= 0.3 is 0 Å². The van der Waals surface area contributed by atoms with Gasteiger partial charge in [0.25, 0.3) is 0 Å². The van der Waals surface area contributed by atoms with E-state index in [4.69, 9.17) is 5.73 Å². The van der Waals surface area contributed by atoms with Gasteiger partial charge in [0.05, 0.1) is 6.42 Å². The van der Waals surface area contributed by atoms with Crippen LogP contribution < -0.4 is 11.1 Å². The highest BCUT2D eigenvalue weighted by molar-refractivity contribution is 5.76. The van der Waals surface area contributed by atoms with E-state index in [0.717, 1.165) is 18.5 Å². The van der Waals surface area contributed by atoms with Crippen molar-refractivity contribution in [3.05, 3.63) is 34.9 Å². The van der Waals surface area contributed by atoms with Gasteiger partial charge in [-0.05, 0) is 48.4 Å². The third-order valence-electron chi connectivity index (χ3n) is 4.01. The molecular weight excluding hydrogens is 212 g/mol. The van der Waals surface area contributed by atoms with Gasteiger partial charge in [-0.2, -0.15) is 0 Å².